The fourth-order valence-corrected chi connectivity index (χ4v) is 2.35. The Morgan fingerprint density at radius 1 is 1.41 bits per heavy atom. The van der Waals surface area contributed by atoms with E-state index in [0.717, 1.165) is 12.8 Å². The van der Waals surface area contributed by atoms with Gasteiger partial charge in [0.1, 0.15) is 5.69 Å². The van der Waals surface area contributed by atoms with Crippen molar-refractivity contribution in [3.63, 3.8) is 0 Å². The molecule has 1 saturated carbocycles. The molecule has 0 spiro atoms. The van der Waals surface area contributed by atoms with Crippen molar-refractivity contribution in [3.8, 4) is 0 Å². The molecule has 1 aliphatic carbocycles. The molecule has 5 nitrogen and oxygen atoms in total. The Morgan fingerprint density at radius 3 is 2.65 bits per heavy atom. The van der Waals surface area contributed by atoms with E-state index in [0.29, 0.717) is 16.8 Å². The maximum atomic E-state index is 10.7. The van der Waals surface area contributed by atoms with Crippen molar-refractivity contribution >= 4 is 28.7 Å². The van der Waals surface area contributed by atoms with Gasteiger partial charge in [0.2, 0.25) is 0 Å². The molecular weight excluding hydrogens is 242 g/mol. The summed E-state index contributed by atoms with van der Waals surface area (Å²) in [5.41, 5.74) is 6.30. The van der Waals surface area contributed by atoms with E-state index in [2.05, 4.69) is 5.32 Å². The van der Waals surface area contributed by atoms with Gasteiger partial charge in [-0.2, -0.15) is 0 Å². The minimum Gasteiger partial charge on any atom is -0.393 e. The van der Waals surface area contributed by atoms with E-state index in [1.54, 1.807) is 6.07 Å². The Labute approximate surface area is 104 Å². The summed E-state index contributed by atoms with van der Waals surface area (Å²) in [7, 11) is 0. The fourth-order valence-electron chi connectivity index (χ4n) is 2.14. The molecule has 0 saturated heterocycles. The lowest BCUT2D eigenvalue weighted by atomic mass is 10.2. The molecule has 6 heteroatoms. The van der Waals surface area contributed by atoms with Gasteiger partial charge in [-0.05, 0) is 18.9 Å². The van der Waals surface area contributed by atoms with Gasteiger partial charge in [0.05, 0.1) is 15.6 Å². The van der Waals surface area contributed by atoms with Gasteiger partial charge < -0.3 is 11.1 Å². The first-order valence-corrected chi connectivity index (χ1v) is 5.95. The second-order valence-corrected chi connectivity index (χ2v) is 4.68. The third kappa shape index (κ3) is 2.61. The quantitative estimate of drug-likeness (QED) is 0.494. The van der Waals surface area contributed by atoms with E-state index in [9.17, 15) is 10.1 Å². The largest absolute Gasteiger partial charge is 0.393 e. The van der Waals surface area contributed by atoms with Gasteiger partial charge >= 0.3 is 0 Å². The predicted molar refractivity (Wildman–Crippen MR) is 68.4 cm³/mol. The highest BCUT2D eigenvalue weighted by Gasteiger charge is 2.19. The van der Waals surface area contributed by atoms with Gasteiger partial charge in [0.15, 0.2) is 0 Å². The third-order valence-corrected chi connectivity index (χ3v) is 3.34. The van der Waals surface area contributed by atoms with Gasteiger partial charge in [0, 0.05) is 12.1 Å². The first kappa shape index (κ1) is 12.0. The number of nitrogens with two attached hydrogens (primary N) is 1. The molecule has 2 rings (SSSR count). The van der Waals surface area contributed by atoms with Crippen LogP contribution in [0.2, 0.25) is 5.02 Å². The van der Waals surface area contributed by atoms with E-state index < -0.39 is 4.92 Å². The minimum absolute atomic E-state index is 0.139. The fraction of sp³-hybridized carbons (Fsp3) is 0.455. The number of nitro benzene ring substituents is 1. The molecule has 0 atom stereocenters. The molecule has 3 N–H and O–H groups in total. The lowest BCUT2D eigenvalue weighted by Crippen LogP contribution is -2.15. The van der Waals surface area contributed by atoms with Gasteiger partial charge in [-0.3, -0.25) is 10.1 Å². The molecule has 17 heavy (non-hydrogen) atoms. The van der Waals surface area contributed by atoms with Crippen LogP contribution in [0.25, 0.3) is 0 Å². The minimum atomic E-state index is -0.527. The zero-order valence-electron chi connectivity index (χ0n) is 9.28. The first-order chi connectivity index (χ1) is 8.08. The number of nitro groups is 1. The summed E-state index contributed by atoms with van der Waals surface area (Å²) in [6.45, 7) is 0. The standard InChI is InChI=1S/C11H14ClN3O2/c12-8-5-11(15(16)17)9(13)6-10(8)14-7-3-1-2-4-7/h5-7,14H,1-4,13H2. The van der Waals surface area contributed by atoms with Crippen molar-refractivity contribution in [2.75, 3.05) is 11.1 Å². The maximum Gasteiger partial charge on any atom is 0.293 e. The monoisotopic (exact) mass is 255 g/mol. The first-order valence-electron chi connectivity index (χ1n) is 5.58. The number of nitrogen functional groups attached to an aromatic ring is 1. The smallest absolute Gasteiger partial charge is 0.293 e. The van der Waals surface area contributed by atoms with Crippen LogP contribution in [0.15, 0.2) is 12.1 Å². The number of hydrogen-bond acceptors (Lipinski definition) is 4. The summed E-state index contributed by atoms with van der Waals surface area (Å²) >= 11 is 6.00. The highest BCUT2D eigenvalue weighted by Crippen LogP contribution is 2.34. The number of benzene rings is 1. The number of hydrogen-bond donors (Lipinski definition) is 2. The summed E-state index contributed by atoms with van der Waals surface area (Å²) in [6.07, 6.45) is 4.62. The summed E-state index contributed by atoms with van der Waals surface area (Å²) in [6, 6.07) is 3.24. The number of halogens is 1. The Kier molecular flexibility index (Phi) is 3.38. The molecule has 92 valence electrons. The van der Waals surface area contributed by atoms with E-state index in [1.807, 2.05) is 0 Å². The summed E-state index contributed by atoms with van der Waals surface area (Å²) in [5, 5.41) is 14.3. The number of anilines is 2. The lowest BCUT2D eigenvalue weighted by Gasteiger charge is -2.15. The molecule has 1 aliphatic rings. The summed E-state index contributed by atoms with van der Waals surface area (Å²) in [4.78, 5) is 10.1. The van der Waals surface area contributed by atoms with Crippen LogP contribution in [0.3, 0.4) is 0 Å². The highest BCUT2D eigenvalue weighted by molar-refractivity contribution is 6.33. The van der Waals surface area contributed by atoms with Crippen LogP contribution < -0.4 is 11.1 Å². The molecule has 1 aromatic carbocycles. The Morgan fingerprint density at radius 2 is 2.06 bits per heavy atom. The predicted octanol–water partition coefficient (Wildman–Crippen LogP) is 3.18. The third-order valence-electron chi connectivity index (χ3n) is 3.03. The zero-order chi connectivity index (χ0) is 12.4. The van der Waals surface area contributed by atoms with Crippen LogP contribution in [0, 0.1) is 10.1 Å². The molecule has 1 fully saturated rings. The van der Waals surface area contributed by atoms with Crippen molar-refractivity contribution in [1.82, 2.24) is 0 Å². The van der Waals surface area contributed by atoms with E-state index in [-0.39, 0.29) is 11.4 Å². The Balaban J connectivity index is 2.23. The number of nitrogens with one attached hydrogen (secondary N) is 1. The van der Waals surface area contributed by atoms with Crippen LogP contribution in [0.5, 0.6) is 0 Å². The summed E-state index contributed by atoms with van der Waals surface area (Å²) in [5.74, 6) is 0. The molecule has 0 aromatic heterocycles. The van der Waals surface area contributed by atoms with Gasteiger partial charge in [0.25, 0.3) is 5.69 Å². The zero-order valence-corrected chi connectivity index (χ0v) is 10.0. The average molecular weight is 256 g/mol. The maximum absolute atomic E-state index is 10.7. The van der Waals surface area contributed by atoms with Gasteiger partial charge in [-0.25, -0.2) is 0 Å². The average Bonchev–Trinajstić information content (AvgIpc) is 2.75. The van der Waals surface area contributed by atoms with Crippen molar-refractivity contribution < 1.29 is 4.92 Å². The van der Waals surface area contributed by atoms with Crippen LogP contribution in [0.1, 0.15) is 25.7 Å². The SMILES string of the molecule is Nc1cc(NC2CCCC2)c(Cl)cc1[N+](=O)[O-]. The molecule has 0 heterocycles. The van der Waals surface area contributed by atoms with Crippen LogP contribution in [-0.2, 0) is 0 Å². The second kappa shape index (κ2) is 4.79. The molecule has 0 bridgehead atoms. The topological polar surface area (TPSA) is 81.2 Å². The van der Waals surface area contributed by atoms with E-state index >= 15 is 0 Å². The number of nitrogens with zero attached hydrogens (tertiary/aromatic N) is 1. The van der Waals surface area contributed by atoms with Crippen molar-refractivity contribution in [2.45, 2.75) is 31.7 Å². The van der Waals surface area contributed by atoms with Crippen LogP contribution in [0.4, 0.5) is 17.1 Å². The van der Waals surface area contributed by atoms with Gasteiger partial charge in [-0.1, -0.05) is 24.4 Å². The Bertz CT molecular complexity index is 445. The second-order valence-electron chi connectivity index (χ2n) is 4.27. The molecular formula is C11H14ClN3O2. The van der Waals surface area contributed by atoms with E-state index in [4.69, 9.17) is 17.3 Å². The van der Waals surface area contributed by atoms with Crippen LogP contribution in [-0.4, -0.2) is 11.0 Å². The molecule has 0 radical (unpaired) electrons. The van der Waals surface area contributed by atoms with Crippen molar-refractivity contribution in [1.29, 1.82) is 0 Å². The summed E-state index contributed by atoms with van der Waals surface area (Å²) < 4.78 is 0. The highest BCUT2D eigenvalue weighted by atomic mass is 35.5. The number of rotatable bonds is 3. The normalized spacial score (nSPS) is 16.1. The molecule has 1 aromatic rings. The van der Waals surface area contributed by atoms with Gasteiger partial charge in [-0.15, -0.1) is 0 Å². The lowest BCUT2D eigenvalue weighted by molar-refractivity contribution is -0.383. The molecule has 0 amide bonds. The van der Waals surface area contributed by atoms with Crippen LogP contribution >= 0.6 is 11.6 Å². The van der Waals surface area contributed by atoms with Crippen molar-refractivity contribution in [2.24, 2.45) is 0 Å². The van der Waals surface area contributed by atoms with E-state index in [1.165, 1.54) is 18.9 Å². The Hall–Kier alpha value is -1.49. The van der Waals surface area contributed by atoms with Crippen molar-refractivity contribution in [3.05, 3.63) is 27.3 Å². The molecule has 0 aliphatic heterocycles. The molecule has 0 unspecified atom stereocenters.